The van der Waals surface area contributed by atoms with Crippen molar-refractivity contribution in [2.75, 3.05) is 18.8 Å². The minimum Gasteiger partial charge on any atom is -0.393 e. The van der Waals surface area contributed by atoms with E-state index in [0.717, 1.165) is 30.7 Å². The third kappa shape index (κ3) is 1.79. The molecule has 1 amide bonds. The van der Waals surface area contributed by atoms with E-state index >= 15 is 0 Å². The molecule has 2 aliphatic rings. The molecule has 0 spiro atoms. The van der Waals surface area contributed by atoms with Crippen molar-refractivity contribution in [1.82, 2.24) is 15.1 Å². The van der Waals surface area contributed by atoms with Crippen LogP contribution in [-0.4, -0.2) is 45.3 Å². The first-order chi connectivity index (χ1) is 8.15. The Morgan fingerprint density at radius 2 is 2.24 bits per heavy atom. The van der Waals surface area contributed by atoms with E-state index in [9.17, 15) is 9.90 Å². The van der Waals surface area contributed by atoms with Crippen LogP contribution in [0.25, 0.3) is 0 Å². The van der Waals surface area contributed by atoms with E-state index in [4.69, 9.17) is 5.73 Å². The lowest BCUT2D eigenvalue weighted by atomic mass is 10.00. The van der Waals surface area contributed by atoms with Crippen molar-refractivity contribution in [2.24, 2.45) is 11.8 Å². The van der Waals surface area contributed by atoms with Crippen LogP contribution in [0, 0.1) is 11.8 Å². The molecular formula is C10H14N4O2S. The van der Waals surface area contributed by atoms with Crippen molar-refractivity contribution >= 4 is 22.4 Å². The first-order valence-electron chi connectivity index (χ1n) is 5.71. The van der Waals surface area contributed by atoms with Gasteiger partial charge in [0.25, 0.3) is 5.91 Å². The number of amides is 1. The molecule has 6 nitrogen and oxygen atoms in total. The monoisotopic (exact) mass is 254 g/mol. The average Bonchev–Trinajstić information content (AvgIpc) is 2.96. The van der Waals surface area contributed by atoms with Crippen LogP contribution in [0.3, 0.4) is 0 Å². The smallest absolute Gasteiger partial charge is 0.284 e. The van der Waals surface area contributed by atoms with Crippen molar-refractivity contribution in [3.05, 3.63) is 5.01 Å². The Morgan fingerprint density at radius 1 is 1.41 bits per heavy atom. The van der Waals surface area contributed by atoms with Gasteiger partial charge in [-0.15, -0.1) is 10.2 Å². The quantitative estimate of drug-likeness (QED) is 0.734. The fourth-order valence-corrected chi connectivity index (χ4v) is 3.44. The van der Waals surface area contributed by atoms with E-state index in [1.54, 1.807) is 4.90 Å². The van der Waals surface area contributed by atoms with E-state index in [1.165, 1.54) is 0 Å². The highest BCUT2D eigenvalue weighted by Crippen LogP contribution is 2.38. The second-order valence-corrected chi connectivity index (χ2v) is 5.73. The van der Waals surface area contributed by atoms with Gasteiger partial charge in [-0.3, -0.25) is 4.79 Å². The third-order valence-electron chi connectivity index (χ3n) is 3.73. The van der Waals surface area contributed by atoms with Crippen LogP contribution >= 0.6 is 11.3 Å². The summed E-state index contributed by atoms with van der Waals surface area (Å²) < 4.78 is 0. The average molecular weight is 254 g/mol. The summed E-state index contributed by atoms with van der Waals surface area (Å²) in [5.41, 5.74) is 5.46. The standard InChI is InChI=1S/C10H14N4O2S/c11-10-13-12-8(17-10)9(16)14-3-5-1-2-7(15)6(5)4-14/h5-7,15H,1-4H2,(H2,11,13). The van der Waals surface area contributed by atoms with Gasteiger partial charge in [0.1, 0.15) is 0 Å². The highest BCUT2D eigenvalue weighted by molar-refractivity contribution is 7.16. The Labute approximate surface area is 102 Å². The molecule has 1 aliphatic carbocycles. The number of nitrogens with two attached hydrogens (primary N) is 1. The van der Waals surface area contributed by atoms with Gasteiger partial charge in [0.15, 0.2) is 0 Å². The van der Waals surface area contributed by atoms with Crippen LogP contribution in [0.1, 0.15) is 22.6 Å². The summed E-state index contributed by atoms with van der Waals surface area (Å²) >= 11 is 1.11. The lowest BCUT2D eigenvalue weighted by Crippen LogP contribution is -2.31. The number of likely N-dealkylation sites (tertiary alicyclic amines) is 1. The Balaban J connectivity index is 1.73. The number of carbonyl (C=O) groups excluding carboxylic acids is 1. The maximum Gasteiger partial charge on any atom is 0.284 e. The first kappa shape index (κ1) is 10.9. The highest BCUT2D eigenvalue weighted by Gasteiger charge is 2.43. The molecule has 92 valence electrons. The lowest BCUT2D eigenvalue weighted by molar-refractivity contribution is 0.0751. The zero-order valence-electron chi connectivity index (χ0n) is 9.24. The number of carbonyl (C=O) groups is 1. The number of aliphatic hydroxyl groups is 1. The van der Waals surface area contributed by atoms with E-state index in [1.807, 2.05) is 0 Å². The molecule has 1 aromatic rings. The second-order valence-electron chi connectivity index (χ2n) is 4.72. The maximum atomic E-state index is 12.1. The minimum atomic E-state index is -0.253. The van der Waals surface area contributed by atoms with Gasteiger partial charge in [-0.2, -0.15) is 0 Å². The summed E-state index contributed by atoms with van der Waals surface area (Å²) in [4.78, 5) is 13.9. The van der Waals surface area contributed by atoms with Gasteiger partial charge in [0.2, 0.25) is 10.1 Å². The molecule has 1 aromatic heterocycles. The topological polar surface area (TPSA) is 92.3 Å². The van der Waals surface area contributed by atoms with Crippen molar-refractivity contribution in [1.29, 1.82) is 0 Å². The molecule has 17 heavy (non-hydrogen) atoms. The number of aromatic nitrogens is 2. The number of rotatable bonds is 1. The molecule has 2 fully saturated rings. The van der Waals surface area contributed by atoms with Crippen molar-refractivity contribution < 1.29 is 9.90 Å². The molecule has 3 rings (SSSR count). The zero-order chi connectivity index (χ0) is 12.0. The Bertz CT molecular complexity index is 449. The van der Waals surface area contributed by atoms with Gasteiger partial charge < -0.3 is 15.7 Å². The Hall–Kier alpha value is -1.21. The predicted molar refractivity (Wildman–Crippen MR) is 62.4 cm³/mol. The summed E-state index contributed by atoms with van der Waals surface area (Å²) in [6.07, 6.45) is 1.62. The normalized spacial score (nSPS) is 31.8. The van der Waals surface area contributed by atoms with Crippen LogP contribution in [0.2, 0.25) is 0 Å². The molecular weight excluding hydrogens is 240 g/mol. The van der Waals surface area contributed by atoms with E-state index < -0.39 is 0 Å². The predicted octanol–water partition coefficient (Wildman–Crippen LogP) is -0.0368. The van der Waals surface area contributed by atoms with Crippen molar-refractivity contribution in [2.45, 2.75) is 18.9 Å². The number of hydrogen-bond acceptors (Lipinski definition) is 6. The summed E-state index contributed by atoms with van der Waals surface area (Å²) in [7, 11) is 0. The summed E-state index contributed by atoms with van der Waals surface area (Å²) in [6, 6.07) is 0. The lowest BCUT2D eigenvalue weighted by Gasteiger charge is -2.16. The van der Waals surface area contributed by atoms with Crippen LogP contribution in [0.5, 0.6) is 0 Å². The Morgan fingerprint density at radius 3 is 2.88 bits per heavy atom. The molecule has 0 aromatic carbocycles. The molecule has 1 saturated heterocycles. The van der Waals surface area contributed by atoms with Gasteiger partial charge in [-0.25, -0.2) is 0 Å². The van der Waals surface area contributed by atoms with Crippen LogP contribution in [0.4, 0.5) is 5.13 Å². The molecule has 3 N–H and O–H groups in total. The largest absolute Gasteiger partial charge is 0.393 e. The summed E-state index contributed by atoms with van der Waals surface area (Å²) in [6.45, 7) is 1.35. The fraction of sp³-hybridized carbons (Fsp3) is 0.700. The van der Waals surface area contributed by atoms with E-state index in [0.29, 0.717) is 22.6 Å². The van der Waals surface area contributed by atoms with Gasteiger partial charge in [-0.1, -0.05) is 11.3 Å². The van der Waals surface area contributed by atoms with E-state index in [-0.39, 0.29) is 17.9 Å². The minimum absolute atomic E-state index is 0.110. The number of aliphatic hydroxyl groups excluding tert-OH is 1. The number of fused-ring (bicyclic) bond motifs is 1. The molecule has 0 radical (unpaired) electrons. The van der Waals surface area contributed by atoms with Crippen LogP contribution < -0.4 is 5.73 Å². The third-order valence-corrected chi connectivity index (χ3v) is 4.47. The highest BCUT2D eigenvalue weighted by atomic mass is 32.1. The number of nitrogen functional groups attached to an aromatic ring is 1. The SMILES string of the molecule is Nc1nnc(C(=O)N2CC3CCC(O)C3C2)s1. The molecule has 1 aliphatic heterocycles. The molecule has 0 bridgehead atoms. The Kier molecular flexibility index (Phi) is 2.52. The molecule has 2 heterocycles. The van der Waals surface area contributed by atoms with Crippen LogP contribution in [0.15, 0.2) is 0 Å². The van der Waals surface area contributed by atoms with Crippen LogP contribution in [-0.2, 0) is 0 Å². The number of anilines is 1. The van der Waals surface area contributed by atoms with Crippen molar-refractivity contribution in [3.63, 3.8) is 0 Å². The molecule has 3 unspecified atom stereocenters. The first-order valence-corrected chi connectivity index (χ1v) is 6.53. The van der Waals surface area contributed by atoms with Gasteiger partial charge in [-0.05, 0) is 18.8 Å². The fourth-order valence-electron chi connectivity index (χ4n) is 2.86. The summed E-state index contributed by atoms with van der Waals surface area (Å²) in [5, 5.41) is 17.9. The maximum absolute atomic E-state index is 12.1. The molecule has 7 heteroatoms. The number of hydrogen-bond donors (Lipinski definition) is 2. The summed E-state index contributed by atoms with van der Waals surface area (Å²) in [5.74, 6) is 0.573. The van der Waals surface area contributed by atoms with Gasteiger partial charge >= 0.3 is 0 Å². The molecule has 1 saturated carbocycles. The van der Waals surface area contributed by atoms with Gasteiger partial charge in [0.05, 0.1) is 6.10 Å². The number of nitrogens with zero attached hydrogens (tertiary/aromatic N) is 3. The zero-order valence-corrected chi connectivity index (χ0v) is 10.1. The molecule has 3 atom stereocenters. The van der Waals surface area contributed by atoms with Gasteiger partial charge in [0, 0.05) is 19.0 Å². The van der Waals surface area contributed by atoms with E-state index in [2.05, 4.69) is 10.2 Å². The van der Waals surface area contributed by atoms with Crippen molar-refractivity contribution in [3.8, 4) is 0 Å². The second kappa shape index (κ2) is 3.92.